The summed E-state index contributed by atoms with van der Waals surface area (Å²) in [6, 6.07) is 11.2. The lowest BCUT2D eigenvalue weighted by molar-refractivity contribution is 0.102. The quantitative estimate of drug-likeness (QED) is 0.873. The molecule has 1 aromatic carbocycles. The maximum absolute atomic E-state index is 12.2. The number of benzene rings is 1. The second-order valence-electron chi connectivity index (χ2n) is 5.79. The molecule has 1 aliphatic rings. The number of nitrogens with zero attached hydrogens (tertiary/aromatic N) is 3. The monoisotopic (exact) mass is 388 g/mol. The van der Waals surface area contributed by atoms with Gasteiger partial charge >= 0.3 is 0 Å². The Kier molecular flexibility index (Phi) is 5.48. The highest BCUT2D eigenvalue weighted by Crippen LogP contribution is 2.17. The van der Waals surface area contributed by atoms with E-state index in [0.717, 1.165) is 43.0 Å². The summed E-state index contributed by atoms with van der Waals surface area (Å²) in [6.45, 7) is 7.41. The number of amides is 1. The lowest BCUT2D eigenvalue weighted by atomic mass is 10.2. The van der Waals surface area contributed by atoms with Gasteiger partial charge < -0.3 is 15.1 Å². The van der Waals surface area contributed by atoms with Crippen LogP contribution >= 0.6 is 15.9 Å². The van der Waals surface area contributed by atoms with Crippen LogP contribution in [0.2, 0.25) is 0 Å². The summed E-state index contributed by atoms with van der Waals surface area (Å²) in [5.41, 5.74) is 1.33. The van der Waals surface area contributed by atoms with Crippen molar-refractivity contribution in [3.8, 4) is 0 Å². The number of likely N-dealkylation sites (N-methyl/N-ethyl adjacent to an activating group) is 1. The third kappa shape index (κ3) is 4.13. The second kappa shape index (κ2) is 7.77. The lowest BCUT2D eigenvalue weighted by Gasteiger charge is -2.34. The first-order valence-electron chi connectivity index (χ1n) is 8.16. The van der Waals surface area contributed by atoms with Gasteiger partial charge in [-0.2, -0.15) is 0 Å². The maximum atomic E-state index is 12.2. The van der Waals surface area contributed by atoms with Crippen LogP contribution in [0.5, 0.6) is 0 Å². The number of hydrogen-bond donors (Lipinski definition) is 1. The van der Waals surface area contributed by atoms with Crippen LogP contribution in [0.15, 0.2) is 47.1 Å². The van der Waals surface area contributed by atoms with Crippen LogP contribution in [0.25, 0.3) is 0 Å². The highest BCUT2D eigenvalue weighted by atomic mass is 79.9. The van der Waals surface area contributed by atoms with E-state index in [4.69, 9.17) is 0 Å². The highest BCUT2D eigenvalue weighted by Gasteiger charge is 2.16. The van der Waals surface area contributed by atoms with Gasteiger partial charge in [-0.05, 0) is 42.9 Å². The molecule has 5 nitrogen and oxygen atoms in total. The molecule has 6 heteroatoms. The summed E-state index contributed by atoms with van der Waals surface area (Å²) >= 11 is 3.37. The van der Waals surface area contributed by atoms with Gasteiger partial charge in [0.05, 0.1) is 11.9 Å². The summed E-state index contributed by atoms with van der Waals surface area (Å²) in [4.78, 5) is 21.4. The molecular formula is C18H21BrN4O. The van der Waals surface area contributed by atoms with Gasteiger partial charge in [0.2, 0.25) is 0 Å². The minimum atomic E-state index is -0.131. The molecule has 2 aromatic rings. The Morgan fingerprint density at radius 3 is 2.42 bits per heavy atom. The van der Waals surface area contributed by atoms with Crippen LogP contribution in [0.4, 0.5) is 11.5 Å². The second-order valence-corrected chi connectivity index (χ2v) is 6.70. The summed E-state index contributed by atoms with van der Waals surface area (Å²) in [5.74, 6) is 0.834. The molecule has 1 fully saturated rings. The van der Waals surface area contributed by atoms with Gasteiger partial charge in [0.25, 0.3) is 5.91 Å². The van der Waals surface area contributed by atoms with E-state index < -0.39 is 0 Å². The smallest absolute Gasteiger partial charge is 0.255 e. The Morgan fingerprint density at radius 1 is 1.12 bits per heavy atom. The van der Waals surface area contributed by atoms with Crippen molar-refractivity contribution in [3.63, 3.8) is 0 Å². The molecule has 1 N–H and O–H groups in total. The van der Waals surface area contributed by atoms with Crippen LogP contribution in [-0.4, -0.2) is 48.5 Å². The maximum Gasteiger partial charge on any atom is 0.255 e. The van der Waals surface area contributed by atoms with Crippen LogP contribution in [0, 0.1) is 0 Å². The number of halogens is 1. The zero-order valence-corrected chi connectivity index (χ0v) is 15.3. The van der Waals surface area contributed by atoms with Crippen LogP contribution < -0.4 is 10.2 Å². The summed E-state index contributed by atoms with van der Waals surface area (Å²) in [6.07, 6.45) is 1.72. The van der Waals surface area contributed by atoms with Crippen molar-refractivity contribution in [2.24, 2.45) is 0 Å². The largest absolute Gasteiger partial charge is 0.354 e. The molecule has 0 bridgehead atoms. The van der Waals surface area contributed by atoms with Crippen LogP contribution in [0.1, 0.15) is 17.3 Å². The third-order valence-corrected chi connectivity index (χ3v) is 4.78. The predicted octanol–water partition coefficient (Wildman–Crippen LogP) is 3.24. The van der Waals surface area contributed by atoms with E-state index in [0.29, 0.717) is 11.3 Å². The molecule has 3 rings (SSSR count). The van der Waals surface area contributed by atoms with Crippen molar-refractivity contribution in [2.75, 3.05) is 42.9 Å². The van der Waals surface area contributed by atoms with Crippen molar-refractivity contribution in [3.05, 3.63) is 52.6 Å². The molecule has 0 saturated carbocycles. The van der Waals surface area contributed by atoms with Gasteiger partial charge in [0.1, 0.15) is 5.82 Å². The van der Waals surface area contributed by atoms with Gasteiger partial charge in [-0.25, -0.2) is 4.98 Å². The Morgan fingerprint density at radius 2 is 1.83 bits per heavy atom. The van der Waals surface area contributed by atoms with E-state index >= 15 is 0 Å². The average molecular weight is 389 g/mol. The van der Waals surface area contributed by atoms with E-state index in [9.17, 15) is 4.79 Å². The molecule has 1 amide bonds. The summed E-state index contributed by atoms with van der Waals surface area (Å²) in [5, 5.41) is 2.88. The molecule has 0 aliphatic carbocycles. The lowest BCUT2D eigenvalue weighted by Crippen LogP contribution is -2.46. The van der Waals surface area contributed by atoms with Gasteiger partial charge in [-0.3, -0.25) is 4.79 Å². The number of carbonyl (C=O) groups is 1. The Hall–Kier alpha value is -1.92. The zero-order chi connectivity index (χ0) is 16.9. The van der Waals surface area contributed by atoms with Gasteiger partial charge in [-0.1, -0.05) is 22.9 Å². The first-order valence-corrected chi connectivity index (χ1v) is 8.95. The molecule has 0 spiro atoms. The minimum Gasteiger partial charge on any atom is -0.354 e. The average Bonchev–Trinajstić information content (AvgIpc) is 2.63. The number of carbonyl (C=O) groups excluding carboxylic acids is 1. The number of anilines is 2. The van der Waals surface area contributed by atoms with Crippen LogP contribution in [0.3, 0.4) is 0 Å². The first kappa shape index (κ1) is 16.9. The fraction of sp³-hybridized carbons (Fsp3) is 0.333. The molecule has 0 unspecified atom stereocenters. The number of nitrogens with one attached hydrogen (secondary N) is 1. The number of piperazine rings is 1. The van der Waals surface area contributed by atoms with Gasteiger partial charge in [0.15, 0.2) is 0 Å². The fourth-order valence-electron chi connectivity index (χ4n) is 2.74. The Bertz CT molecular complexity index is 679. The highest BCUT2D eigenvalue weighted by molar-refractivity contribution is 9.10. The predicted molar refractivity (Wildman–Crippen MR) is 101 cm³/mol. The van der Waals surface area contributed by atoms with E-state index in [1.807, 2.05) is 24.3 Å². The van der Waals surface area contributed by atoms with E-state index in [2.05, 4.69) is 43.0 Å². The van der Waals surface area contributed by atoms with Crippen molar-refractivity contribution >= 4 is 33.3 Å². The van der Waals surface area contributed by atoms with Crippen molar-refractivity contribution in [1.29, 1.82) is 0 Å². The first-order chi connectivity index (χ1) is 11.7. The number of pyridine rings is 1. The molecule has 126 valence electrons. The van der Waals surface area contributed by atoms with E-state index in [-0.39, 0.29) is 5.91 Å². The summed E-state index contributed by atoms with van der Waals surface area (Å²) in [7, 11) is 0. The summed E-state index contributed by atoms with van der Waals surface area (Å²) < 4.78 is 0.952. The number of hydrogen-bond acceptors (Lipinski definition) is 4. The van der Waals surface area contributed by atoms with Crippen molar-refractivity contribution < 1.29 is 4.79 Å². The molecule has 2 heterocycles. The molecule has 1 aliphatic heterocycles. The Labute approximate surface area is 150 Å². The van der Waals surface area contributed by atoms with E-state index in [1.54, 1.807) is 18.3 Å². The normalized spacial score (nSPS) is 15.3. The molecule has 0 radical (unpaired) electrons. The molecule has 1 saturated heterocycles. The van der Waals surface area contributed by atoms with Crippen molar-refractivity contribution in [1.82, 2.24) is 9.88 Å². The number of rotatable bonds is 4. The van der Waals surface area contributed by atoms with Gasteiger partial charge in [-0.15, -0.1) is 0 Å². The van der Waals surface area contributed by atoms with Gasteiger partial charge in [0, 0.05) is 36.2 Å². The molecule has 1 aromatic heterocycles. The molecule has 24 heavy (non-hydrogen) atoms. The molecule has 0 atom stereocenters. The zero-order valence-electron chi connectivity index (χ0n) is 13.7. The topological polar surface area (TPSA) is 48.5 Å². The van der Waals surface area contributed by atoms with E-state index in [1.165, 1.54) is 0 Å². The third-order valence-electron chi connectivity index (χ3n) is 4.26. The fourth-order valence-corrected chi connectivity index (χ4v) is 3.01. The number of aromatic nitrogens is 1. The minimum absolute atomic E-state index is 0.131. The standard InChI is InChI=1S/C18H21BrN4O/c1-2-22-9-11-23(12-10-22)17-8-7-16(13-20-17)21-18(24)14-3-5-15(19)6-4-14/h3-8,13H,2,9-12H2,1H3,(H,21,24). The Balaban J connectivity index is 1.60. The molecular weight excluding hydrogens is 368 g/mol. The van der Waals surface area contributed by atoms with Crippen LogP contribution in [-0.2, 0) is 0 Å². The SMILES string of the molecule is CCN1CCN(c2ccc(NC(=O)c3ccc(Br)cc3)cn2)CC1. The van der Waals surface area contributed by atoms with Crippen molar-refractivity contribution in [2.45, 2.75) is 6.92 Å².